The molecule has 4 heteroatoms. The Labute approximate surface area is 119 Å². The van der Waals surface area contributed by atoms with E-state index in [-0.39, 0.29) is 11.7 Å². The van der Waals surface area contributed by atoms with E-state index in [2.05, 4.69) is 21.2 Å². The van der Waals surface area contributed by atoms with Gasteiger partial charge in [-0.05, 0) is 55.3 Å². The molecule has 2 aromatic rings. The van der Waals surface area contributed by atoms with Crippen molar-refractivity contribution in [1.29, 1.82) is 0 Å². The number of carbonyl (C=O) groups is 1. The van der Waals surface area contributed by atoms with Gasteiger partial charge in [0.1, 0.15) is 5.82 Å². The van der Waals surface area contributed by atoms with E-state index < -0.39 is 0 Å². The van der Waals surface area contributed by atoms with Crippen molar-refractivity contribution in [1.82, 2.24) is 0 Å². The van der Waals surface area contributed by atoms with Crippen LogP contribution in [0, 0.1) is 19.7 Å². The van der Waals surface area contributed by atoms with Gasteiger partial charge in [-0.15, -0.1) is 0 Å². The summed E-state index contributed by atoms with van der Waals surface area (Å²) in [5.74, 6) is -0.621. The highest BCUT2D eigenvalue weighted by Crippen LogP contribution is 2.19. The van der Waals surface area contributed by atoms with Gasteiger partial charge in [0.25, 0.3) is 5.91 Å². The predicted octanol–water partition coefficient (Wildman–Crippen LogP) is 4.46. The highest BCUT2D eigenvalue weighted by molar-refractivity contribution is 9.10. The number of hydrogen-bond acceptors (Lipinski definition) is 1. The van der Waals surface area contributed by atoms with Gasteiger partial charge in [-0.25, -0.2) is 4.39 Å². The van der Waals surface area contributed by atoms with Crippen LogP contribution >= 0.6 is 15.9 Å². The van der Waals surface area contributed by atoms with Crippen LogP contribution in [0.15, 0.2) is 40.9 Å². The first-order valence-electron chi connectivity index (χ1n) is 5.80. The molecule has 0 aliphatic carbocycles. The van der Waals surface area contributed by atoms with Crippen LogP contribution in [-0.4, -0.2) is 5.91 Å². The molecule has 0 saturated heterocycles. The van der Waals surface area contributed by atoms with E-state index in [1.165, 1.54) is 12.1 Å². The summed E-state index contributed by atoms with van der Waals surface area (Å²) in [5.41, 5.74) is 2.83. The molecule has 2 aromatic carbocycles. The van der Waals surface area contributed by atoms with Gasteiger partial charge >= 0.3 is 0 Å². The Morgan fingerprint density at radius 2 is 1.89 bits per heavy atom. The molecule has 0 saturated carbocycles. The maximum atomic E-state index is 13.2. The molecule has 0 atom stereocenters. The molecule has 98 valence electrons. The first kappa shape index (κ1) is 13.7. The second kappa shape index (κ2) is 5.53. The number of carbonyl (C=O) groups excluding carboxylic acids is 1. The molecular weight excluding hydrogens is 309 g/mol. The van der Waals surface area contributed by atoms with E-state index in [1.54, 1.807) is 18.2 Å². The first-order chi connectivity index (χ1) is 8.95. The predicted molar refractivity (Wildman–Crippen MR) is 78.0 cm³/mol. The standard InChI is InChI=1S/C15H13BrFNO/c1-9-5-11(7-12(16)6-9)15(19)18-14-8-13(17)4-3-10(14)2/h3-8H,1-2H3,(H,18,19). The number of anilines is 1. The average molecular weight is 322 g/mol. The van der Waals surface area contributed by atoms with Crippen molar-refractivity contribution in [2.45, 2.75) is 13.8 Å². The summed E-state index contributed by atoms with van der Waals surface area (Å²) in [6.45, 7) is 3.73. The van der Waals surface area contributed by atoms with Crippen molar-refractivity contribution in [2.24, 2.45) is 0 Å². The maximum absolute atomic E-state index is 13.2. The van der Waals surface area contributed by atoms with E-state index in [1.807, 2.05) is 19.9 Å². The quantitative estimate of drug-likeness (QED) is 0.869. The zero-order valence-electron chi connectivity index (χ0n) is 10.6. The van der Waals surface area contributed by atoms with Gasteiger partial charge in [0.2, 0.25) is 0 Å². The third-order valence-electron chi connectivity index (χ3n) is 2.75. The summed E-state index contributed by atoms with van der Waals surface area (Å²) >= 11 is 3.35. The molecule has 0 heterocycles. The van der Waals surface area contributed by atoms with Crippen molar-refractivity contribution in [3.8, 4) is 0 Å². The maximum Gasteiger partial charge on any atom is 0.255 e. The fraction of sp³-hybridized carbons (Fsp3) is 0.133. The molecule has 0 spiro atoms. The number of benzene rings is 2. The lowest BCUT2D eigenvalue weighted by Crippen LogP contribution is -2.13. The number of hydrogen-bond donors (Lipinski definition) is 1. The molecule has 19 heavy (non-hydrogen) atoms. The molecular formula is C15H13BrFNO. The Bertz CT molecular complexity index is 620. The molecule has 0 bridgehead atoms. The normalized spacial score (nSPS) is 10.3. The summed E-state index contributed by atoms with van der Waals surface area (Å²) in [6, 6.07) is 9.76. The summed E-state index contributed by atoms with van der Waals surface area (Å²) in [5, 5.41) is 2.72. The Kier molecular flexibility index (Phi) is 4.00. The van der Waals surface area contributed by atoms with Crippen molar-refractivity contribution in [3.05, 3.63) is 63.4 Å². The summed E-state index contributed by atoms with van der Waals surface area (Å²) in [7, 11) is 0. The number of rotatable bonds is 2. The summed E-state index contributed by atoms with van der Waals surface area (Å²) in [4.78, 5) is 12.1. The van der Waals surface area contributed by atoms with Crippen LogP contribution in [0.25, 0.3) is 0 Å². The van der Waals surface area contributed by atoms with Crippen molar-refractivity contribution in [2.75, 3.05) is 5.32 Å². The van der Waals surface area contributed by atoms with Gasteiger partial charge < -0.3 is 5.32 Å². The van der Waals surface area contributed by atoms with E-state index in [0.29, 0.717) is 11.3 Å². The van der Waals surface area contributed by atoms with Gasteiger partial charge in [0.05, 0.1) is 0 Å². The molecule has 0 unspecified atom stereocenters. The fourth-order valence-electron chi connectivity index (χ4n) is 1.79. The molecule has 0 aliphatic heterocycles. The lowest BCUT2D eigenvalue weighted by Gasteiger charge is -2.09. The van der Waals surface area contributed by atoms with E-state index in [0.717, 1.165) is 15.6 Å². The van der Waals surface area contributed by atoms with Crippen molar-refractivity contribution >= 4 is 27.5 Å². The van der Waals surface area contributed by atoms with Crippen LogP contribution < -0.4 is 5.32 Å². The first-order valence-corrected chi connectivity index (χ1v) is 6.60. The fourth-order valence-corrected chi connectivity index (χ4v) is 2.40. The minimum Gasteiger partial charge on any atom is -0.322 e. The zero-order chi connectivity index (χ0) is 14.0. The van der Waals surface area contributed by atoms with E-state index in [4.69, 9.17) is 0 Å². The molecule has 1 N–H and O–H groups in total. The summed E-state index contributed by atoms with van der Waals surface area (Å²) < 4.78 is 14.0. The number of amides is 1. The van der Waals surface area contributed by atoms with Gasteiger partial charge in [-0.3, -0.25) is 4.79 Å². The van der Waals surface area contributed by atoms with Crippen molar-refractivity contribution < 1.29 is 9.18 Å². The summed E-state index contributed by atoms with van der Waals surface area (Å²) in [6.07, 6.45) is 0. The Hall–Kier alpha value is -1.68. The van der Waals surface area contributed by atoms with Crippen LogP contribution in [0.2, 0.25) is 0 Å². The molecule has 2 nitrogen and oxygen atoms in total. The monoisotopic (exact) mass is 321 g/mol. The Morgan fingerprint density at radius 1 is 1.16 bits per heavy atom. The van der Waals surface area contributed by atoms with Gasteiger partial charge in [-0.1, -0.05) is 22.0 Å². The SMILES string of the molecule is Cc1cc(Br)cc(C(=O)Nc2cc(F)ccc2C)c1. The van der Waals surface area contributed by atoms with Crippen LogP contribution in [0.4, 0.5) is 10.1 Å². The lowest BCUT2D eigenvalue weighted by molar-refractivity contribution is 0.102. The van der Waals surface area contributed by atoms with Crippen LogP contribution in [0.5, 0.6) is 0 Å². The van der Waals surface area contributed by atoms with Crippen molar-refractivity contribution in [3.63, 3.8) is 0 Å². The second-order valence-corrected chi connectivity index (χ2v) is 5.35. The Balaban J connectivity index is 2.28. The Morgan fingerprint density at radius 3 is 2.58 bits per heavy atom. The molecule has 0 radical (unpaired) electrons. The van der Waals surface area contributed by atoms with Crippen LogP contribution in [0.3, 0.4) is 0 Å². The average Bonchev–Trinajstić information content (AvgIpc) is 2.32. The van der Waals surface area contributed by atoms with Crippen LogP contribution in [0.1, 0.15) is 21.5 Å². The largest absolute Gasteiger partial charge is 0.322 e. The minimum absolute atomic E-state index is 0.252. The number of halogens is 2. The van der Waals surface area contributed by atoms with Crippen LogP contribution in [-0.2, 0) is 0 Å². The molecule has 0 aliphatic rings. The number of nitrogens with one attached hydrogen (secondary N) is 1. The van der Waals surface area contributed by atoms with E-state index in [9.17, 15) is 9.18 Å². The molecule has 0 fully saturated rings. The third kappa shape index (κ3) is 3.41. The molecule has 2 rings (SSSR count). The minimum atomic E-state index is -0.369. The van der Waals surface area contributed by atoms with Gasteiger partial charge in [0, 0.05) is 15.7 Å². The highest BCUT2D eigenvalue weighted by atomic mass is 79.9. The van der Waals surface area contributed by atoms with Gasteiger partial charge in [0.15, 0.2) is 0 Å². The molecule has 0 aromatic heterocycles. The third-order valence-corrected chi connectivity index (χ3v) is 3.21. The lowest BCUT2D eigenvalue weighted by atomic mass is 10.1. The highest BCUT2D eigenvalue weighted by Gasteiger charge is 2.09. The topological polar surface area (TPSA) is 29.1 Å². The van der Waals surface area contributed by atoms with Gasteiger partial charge in [-0.2, -0.15) is 0 Å². The van der Waals surface area contributed by atoms with E-state index >= 15 is 0 Å². The molecule has 1 amide bonds. The smallest absolute Gasteiger partial charge is 0.255 e. The second-order valence-electron chi connectivity index (χ2n) is 4.43. The number of aryl methyl sites for hydroxylation is 2. The zero-order valence-corrected chi connectivity index (χ0v) is 12.2.